The Morgan fingerprint density at radius 3 is 2.65 bits per heavy atom. The Hall–Kier alpha value is -1.78. The summed E-state index contributed by atoms with van der Waals surface area (Å²) in [5.41, 5.74) is 8.49. The molecule has 2 aromatic heterocycles. The van der Waals surface area contributed by atoms with Gasteiger partial charge in [-0.25, -0.2) is 0 Å². The number of rotatable bonds is 4. The second-order valence-corrected chi connectivity index (χ2v) is 4.63. The first kappa shape index (κ1) is 11.7. The van der Waals surface area contributed by atoms with E-state index in [9.17, 15) is 0 Å². The lowest BCUT2D eigenvalue weighted by molar-refractivity contribution is 0.484. The number of nitrogen functional groups attached to an aromatic ring is 1. The van der Waals surface area contributed by atoms with Gasteiger partial charge in [0.1, 0.15) is 5.69 Å². The fraction of sp³-hybridized carbons (Fsp3) is 0.500. The van der Waals surface area contributed by atoms with Crippen LogP contribution >= 0.6 is 0 Å². The van der Waals surface area contributed by atoms with Gasteiger partial charge in [-0.05, 0) is 12.8 Å². The van der Waals surface area contributed by atoms with Crippen molar-refractivity contribution in [1.82, 2.24) is 19.6 Å². The fourth-order valence-electron chi connectivity index (χ4n) is 1.79. The topological polar surface area (TPSA) is 61.7 Å². The van der Waals surface area contributed by atoms with Crippen molar-refractivity contribution in [2.45, 2.75) is 33.9 Å². The van der Waals surface area contributed by atoms with Crippen molar-refractivity contribution in [3.05, 3.63) is 18.6 Å². The maximum Gasteiger partial charge on any atom is 0.118 e. The lowest BCUT2D eigenvalue weighted by Gasteiger charge is -2.03. The van der Waals surface area contributed by atoms with Crippen LogP contribution in [0.25, 0.3) is 11.3 Å². The Balaban J connectivity index is 2.29. The Bertz CT molecular complexity index is 495. The summed E-state index contributed by atoms with van der Waals surface area (Å²) in [7, 11) is 0. The third-order valence-electron chi connectivity index (χ3n) is 2.57. The highest BCUT2D eigenvalue weighted by Gasteiger charge is 2.11. The largest absolute Gasteiger partial charge is 0.396 e. The zero-order valence-corrected chi connectivity index (χ0v) is 10.6. The maximum atomic E-state index is 5.98. The zero-order chi connectivity index (χ0) is 12.4. The molecule has 5 heteroatoms. The van der Waals surface area contributed by atoms with Crippen LogP contribution < -0.4 is 5.73 Å². The van der Waals surface area contributed by atoms with E-state index in [1.54, 1.807) is 0 Å². The molecule has 0 saturated carbocycles. The zero-order valence-electron chi connectivity index (χ0n) is 10.6. The monoisotopic (exact) mass is 233 g/mol. The van der Waals surface area contributed by atoms with Crippen molar-refractivity contribution in [3.63, 3.8) is 0 Å². The average Bonchev–Trinajstić information content (AvgIpc) is 2.83. The van der Waals surface area contributed by atoms with Crippen molar-refractivity contribution in [2.75, 3.05) is 5.73 Å². The van der Waals surface area contributed by atoms with Crippen LogP contribution in [0.2, 0.25) is 0 Å². The Labute approximate surface area is 101 Å². The smallest absolute Gasteiger partial charge is 0.118 e. The second-order valence-electron chi connectivity index (χ2n) is 4.63. The fourth-order valence-corrected chi connectivity index (χ4v) is 1.79. The van der Waals surface area contributed by atoms with Crippen LogP contribution in [0.5, 0.6) is 0 Å². The highest BCUT2D eigenvalue weighted by molar-refractivity contribution is 5.70. The molecule has 2 heterocycles. The van der Waals surface area contributed by atoms with Gasteiger partial charge < -0.3 is 5.73 Å². The van der Waals surface area contributed by atoms with Crippen LogP contribution in [0, 0.1) is 5.92 Å². The van der Waals surface area contributed by atoms with Gasteiger partial charge in [-0.15, -0.1) is 0 Å². The number of hydrogen-bond donors (Lipinski definition) is 1. The van der Waals surface area contributed by atoms with Gasteiger partial charge in [0, 0.05) is 31.0 Å². The summed E-state index contributed by atoms with van der Waals surface area (Å²) in [6.07, 6.45) is 5.67. The molecule has 0 bridgehead atoms. The van der Waals surface area contributed by atoms with E-state index >= 15 is 0 Å². The molecular formula is C12H19N5. The third-order valence-corrected chi connectivity index (χ3v) is 2.57. The molecule has 2 aromatic rings. The van der Waals surface area contributed by atoms with Gasteiger partial charge in [0.05, 0.1) is 11.9 Å². The van der Waals surface area contributed by atoms with Crippen molar-refractivity contribution >= 4 is 5.69 Å². The van der Waals surface area contributed by atoms with E-state index < -0.39 is 0 Å². The molecule has 5 nitrogen and oxygen atoms in total. The predicted octanol–water partition coefficient (Wildman–Crippen LogP) is 2.00. The summed E-state index contributed by atoms with van der Waals surface area (Å²) in [6, 6.07) is 0. The second kappa shape index (κ2) is 4.61. The van der Waals surface area contributed by atoms with E-state index in [0.29, 0.717) is 11.6 Å². The molecule has 0 aliphatic heterocycles. The minimum absolute atomic E-state index is 0.556. The molecule has 0 aliphatic carbocycles. The Morgan fingerprint density at radius 1 is 1.29 bits per heavy atom. The van der Waals surface area contributed by atoms with Crippen LogP contribution in [0.4, 0.5) is 5.69 Å². The van der Waals surface area contributed by atoms with Crippen molar-refractivity contribution in [2.24, 2.45) is 5.92 Å². The molecule has 0 spiro atoms. The molecule has 0 fully saturated rings. The van der Waals surface area contributed by atoms with E-state index in [0.717, 1.165) is 24.3 Å². The van der Waals surface area contributed by atoms with Crippen LogP contribution in [-0.4, -0.2) is 19.6 Å². The number of hydrogen-bond acceptors (Lipinski definition) is 3. The summed E-state index contributed by atoms with van der Waals surface area (Å²) in [4.78, 5) is 0. The Morgan fingerprint density at radius 2 is 2.06 bits per heavy atom. The van der Waals surface area contributed by atoms with E-state index in [-0.39, 0.29) is 0 Å². The van der Waals surface area contributed by atoms with E-state index in [1.807, 2.05) is 28.0 Å². The van der Waals surface area contributed by atoms with Crippen LogP contribution in [0.1, 0.15) is 20.8 Å². The van der Waals surface area contributed by atoms with Crippen LogP contribution in [0.3, 0.4) is 0 Å². The lowest BCUT2D eigenvalue weighted by atomic mass is 10.2. The van der Waals surface area contributed by atoms with Gasteiger partial charge >= 0.3 is 0 Å². The van der Waals surface area contributed by atoms with Crippen molar-refractivity contribution in [3.8, 4) is 11.3 Å². The molecule has 0 unspecified atom stereocenters. The minimum atomic E-state index is 0.556. The summed E-state index contributed by atoms with van der Waals surface area (Å²) >= 11 is 0. The first-order valence-electron chi connectivity index (χ1n) is 5.96. The van der Waals surface area contributed by atoms with E-state index in [2.05, 4.69) is 31.0 Å². The summed E-state index contributed by atoms with van der Waals surface area (Å²) in [5.74, 6) is 0.556. The minimum Gasteiger partial charge on any atom is -0.396 e. The number of nitrogens with zero attached hydrogens (tertiary/aromatic N) is 4. The number of aromatic nitrogens is 4. The van der Waals surface area contributed by atoms with Gasteiger partial charge in [-0.2, -0.15) is 10.2 Å². The van der Waals surface area contributed by atoms with Crippen LogP contribution in [-0.2, 0) is 13.1 Å². The SMILES string of the molecule is CCn1cc(-c2nn(CC(C)C)cc2N)cn1. The standard InChI is InChI=1S/C12H19N5/c1-4-16-7-10(5-14-16)12-11(13)8-17(15-12)6-9(2)3/h5,7-9H,4,6,13H2,1-3H3. The van der Waals surface area contributed by atoms with Crippen LogP contribution in [0.15, 0.2) is 18.6 Å². The number of nitrogens with two attached hydrogens (primary N) is 1. The molecule has 0 aliphatic rings. The Kier molecular flexibility index (Phi) is 3.17. The lowest BCUT2D eigenvalue weighted by Crippen LogP contribution is -2.04. The molecule has 2 rings (SSSR count). The van der Waals surface area contributed by atoms with Gasteiger partial charge in [-0.1, -0.05) is 13.8 Å². The van der Waals surface area contributed by atoms with E-state index in [1.165, 1.54) is 0 Å². The number of aryl methyl sites for hydroxylation is 1. The highest BCUT2D eigenvalue weighted by Crippen LogP contribution is 2.23. The van der Waals surface area contributed by atoms with Gasteiger partial charge in [-0.3, -0.25) is 9.36 Å². The summed E-state index contributed by atoms with van der Waals surface area (Å²) in [6.45, 7) is 8.11. The molecule has 0 saturated heterocycles. The molecule has 0 atom stereocenters. The predicted molar refractivity (Wildman–Crippen MR) is 68.4 cm³/mol. The molecule has 92 valence electrons. The molecule has 0 amide bonds. The van der Waals surface area contributed by atoms with Gasteiger partial charge in [0.15, 0.2) is 0 Å². The highest BCUT2D eigenvalue weighted by atomic mass is 15.3. The van der Waals surface area contributed by atoms with Gasteiger partial charge in [0.25, 0.3) is 0 Å². The van der Waals surface area contributed by atoms with E-state index in [4.69, 9.17) is 5.73 Å². The third kappa shape index (κ3) is 2.49. The van der Waals surface area contributed by atoms with Crippen molar-refractivity contribution < 1.29 is 0 Å². The van der Waals surface area contributed by atoms with Gasteiger partial charge in [0.2, 0.25) is 0 Å². The molecule has 2 N–H and O–H groups in total. The van der Waals surface area contributed by atoms with Crippen molar-refractivity contribution in [1.29, 1.82) is 0 Å². The maximum absolute atomic E-state index is 5.98. The summed E-state index contributed by atoms with van der Waals surface area (Å²) < 4.78 is 3.77. The number of anilines is 1. The molecule has 17 heavy (non-hydrogen) atoms. The molecular weight excluding hydrogens is 214 g/mol. The molecule has 0 aromatic carbocycles. The average molecular weight is 233 g/mol. The normalized spacial score (nSPS) is 11.3. The first-order chi connectivity index (χ1) is 8.10. The first-order valence-corrected chi connectivity index (χ1v) is 5.96. The summed E-state index contributed by atoms with van der Waals surface area (Å²) in [5, 5.41) is 8.74. The quantitative estimate of drug-likeness (QED) is 0.878. The molecule has 0 radical (unpaired) electrons.